The molecule has 4 aromatic rings. The molecular formula is C23H19N3O5. The number of hydrogen-bond donors (Lipinski definition) is 0. The van der Waals surface area contributed by atoms with Crippen LogP contribution in [-0.4, -0.2) is 46.4 Å². The molecule has 8 heteroatoms. The molecule has 0 aliphatic carbocycles. The average molecular weight is 417 g/mol. The van der Waals surface area contributed by atoms with Crippen molar-refractivity contribution < 1.29 is 23.2 Å². The first-order chi connectivity index (χ1) is 15.2. The second-order valence-corrected chi connectivity index (χ2v) is 7.24. The quantitative estimate of drug-likeness (QED) is 0.454. The Hall–Kier alpha value is -3.94. The van der Waals surface area contributed by atoms with Crippen molar-refractivity contribution >= 4 is 22.9 Å². The molecule has 0 radical (unpaired) electrons. The number of likely N-dealkylation sites (tertiary alicyclic amines) is 1. The standard InChI is InChI=1S/C23H19N3O5/c27-20(26-9-1-2-10-26)14-31-23(28)15-7-8-16-17(13-15)25-22(19-6-4-12-30-19)21(24-16)18-5-3-11-29-18/h3-8,11-13H,1-2,9-10,14H2. The van der Waals surface area contributed by atoms with Crippen molar-refractivity contribution in [3.05, 3.63) is 60.6 Å². The van der Waals surface area contributed by atoms with E-state index in [2.05, 4.69) is 9.97 Å². The highest BCUT2D eigenvalue weighted by molar-refractivity contribution is 5.95. The highest BCUT2D eigenvalue weighted by Crippen LogP contribution is 2.31. The third-order valence-electron chi connectivity index (χ3n) is 5.19. The molecule has 1 aromatic carbocycles. The van der Waals surface area contributed by atoms with Crippen LogP contribution in [-0.2, 0) is 9.53 Å². The number of ether oxygens (including phenoxy) is 1. The fourth-order valence-corrected chi connectivity index (χ4v) is 3.62. The molecule has 1 amide bonds. The summed E-state index contributed by atoms with van der Waals surface area (Å²) in [6.07, 6.45) is 5.09. The lowest BCUT2D eigenvalue weighted by atomic mass is 10.1. The summed E-state index contributed by atoms with van der Waals surface area (Å²) in [6, 6.07) is 12.0. The van der Waals surface area contributed by atoms with E-state index in [1.807, 2.05) is 0 Å². The maximum atomic E-state index is 12.5. The monoisotopic (exact) mass is 417 g/mol. The Morgan fingerprint density at radius 1 is 0.903 bits per heavy atom. The predicted molar refractivity (Wildman–Crippen MR) is 111 cm³/mol. The molecular weight excluding hydrogens is 398 g/mol. The van der Waals surface area contributed by atoms with Crippen molar-refractivity contribution in [2.45, 2.75) is 12.8 Å². The van der Waals surface area contributed by atoms with Gasteiger partial charge in [-0.25, -0.2) is 14.8 Å². The van der Waals surface area contributed by atoms with Crippen LogP contribution in [0.3, 0.4) is 0 Å². The van der Waals surface area contributed by atoms with Gasteiger partial charge >= 0.3 is 5.97 Å². The van der Waals surface area contributed by atoms with Crippen LogP contribution in [0.15, 0.2) is 63.8 Å². The van der Waals surface area contributed by atoms with Crippen LogP contribution in [0, 0.1) is 0 Å². The number of esters is 1. The van der Waals surface area contributed by atoms with Crippen LogP contribution >= 0.6 is 0 Å². The largest absolute Gasteiger partial charge is 0.463 e. The number of hydrogen-bond acceptors (Lipinski definition) is 7. The molecule has 0 saturated carbocycles. The summed E-state index contributed by atoms with van der Waals surface area (Å²) in [5.41, 5.74) is 2.43. The number of carbonyl (C=O) groups excluding carboxylic acids is 2. The first-order valence-corrected chi connectivity index (χ1v) is 10.0. The number of nitrogens with zero attached hydrogens (tertiary/aromatic N) is 3. The number of fused-ring (bicyclic) bond motifs is 1. The van der Waals surface area contributed by atoms with Gasteiger partial charge in [-0.2, -0.15) is 0 Å². The van der Waals surface area contributed by atoms with E-state index < -0.39 is 5.97 Å². The Balaban J connectivity index is 1.44. The molecule has 1 aliphatic rings. The summed E-state index contributed by atoms with van der Waals surface area (Å²) in [5, 5.41) is 0. The SMILES string of the molecule is O=C(OCC(=O)N1CCCC1)c1ccc2nc(-c3ccco3)c(-c3ccco3)nc2c1. The highest BCUT2D eigenvalue weighted by atomic mass is 16.5. The molecule has 0 N–H and O–H groups in total. The van der Waals surface area contributed by atoms with Crippen LogP contribution in [0.2, 0.25) is 0 Å². The molecule has 8 nitrogen and oxygen atoms in total. The van der Waals surface area contributed by atoms with Crippen LogP contribution in [0.25, 0.3) is 33.9 Å². The minimum atomic E-state index is -0.578. The van der Waals surface area contributed by atoms with Gasteiger partial charge in [0.05, 0.1) is 29.1 Å². The maximum Gasteiger partial charge on any atom is 0.338 e. The van der Waals surface area contributed by atoms with Gasteiger partial charge in [-0.15, -0.1) is 0 Å². The van der Waals surface area contributed by atoms with Gasteiger partial charge < -0.3 is 18.5 Å². The lowest BCUT2D eigenvalue weighted by Crippen LogP contribution is -2.32. The van der Waals surface area contributed by atoms with Crippen LogP contribution in [0.4, 0.5) is 0 Å². The molecule has 1 aliphatic heterocycles. The van der Waals surface area contributed by atoms with Crippen LogP contribution in [0.5, 0.6) is 0 Å². The summed E-state index contributed by atoms with van der Waals surface area (Å²) in [6.45, 7) is 1.17. The highest BCUT2D eigenvalue weighted by Gasteiger charge is 2.21. The van der Waals surface area contributed by atoms with Gasteiger partial charge in [-0.1, -0.05) is 0 Å². The van der Waals surface area contributed by atoms with Gasteiger partial charge in [0.15, 0.2) is 18.1 Å². The molecule has 0 spiro atoms. The van der Waals surface area contributed by atoms with Crippen molar-refractivity contribution in [2.24, 2.45) is 0 Å². The van der Waals surface area contributed by atoms with Crippen molar-refractivity contribution in [1.82, 2.24) is 14.9 Å². The fourth-order valence-electron chi connectivity index (χ4n) is 3.62. The molecule has 0 atom stereocenters. The van der Waals surface area contributed by atoms with E-state index in [4.69, 9.17) is 13.6 Å². The Kier molecular flexibility index (Phi) is 4.95. The van der Waals surface area contributed by atoms with Crippen molar-refractivity contribution in [1.29, 1.82) is 0 Å². The van der Waals surface area contributed by atoms with E-state index in [0.717, 1.165) is 25.9 Å². The molecule has 5 rings (SSSR count). The average Bonchev–Trinajstić information content (AvgIpc) is 3.59. The van der Waals surface area contributed by atoms with Crippen molar-refractivity contribution in [3.63, 3.8) is 0 Å². The number of amides is 1. The van der Waals surface area contributed by atoms with Crippen molar-refractivity contribution in [2.75, 3.05) is 19.7 Å². The zero-order valence-corrected chi connectivity index (χ0v) is 16.6. The first-order valence-electron chi connectivity index (χ1n) is 10.0. The van der Waals surface area contributed by atoms with E-state index in [0.29, 0.717) is 39.5 Å². The molecule has 0 unspecified atom stereocenters. The number of carbonyl (C=O) groups is 2. The van der Waals surface area contributed by atoms with Crippen LogP contribution < -0.4 is 0 Å². The second kappa shape index (κ2) is 8.06. The minimum Gasteiger partial charge on any atom is -0.463 e. The van der Waals surface area contributed by atoms with Gasteiger partial charge in [-0.05, 0) is 55.3 Å². The smallest absolute Gasteiger partial charge is 0.338 e. The van der Waals surface area contributed by atoms with E-state index in [-0.39, 0.29) is 12.5 Å². The molecule has 1 saturated heterocycles. The molecule has 0 bridgehead atoms. The van der Waals surface area contributed by atoms with Crippen molar-refractivity contribution in [3.8, 4) is 22.9 Å². The molecule has 1 fully saturated rings. The fraction of sp³-hybridized carbons (Fsp3) is 0.217. The predicted octanol–water partition coefficient (Wildman–Crippen LogP) is 3.93. The Morgan fingerprint density at radius 3 is 2.16 bits per heavy atom. The molecule has 156 valence electrons. The maximum absolute atomic E-state index is 12.5. The summed E-state index contributed by atoms with van der Waals surface area (Å²) < 4.78 is 16.3. The second-order valence-electron chi connectivity index (χ2n) is 7.24. The normalized spacial score (nSPS) is 13.6. The number of furan rings is 2. The van der Waals surface area contributed by atoms with Gasteiger partial charge in [-0.3, -0.25) is 4.79 Å². The lowest BCUT2D eigenvalue weighted by molar-refractivity contribution is -0.133. The lowest BCUT2D eigenvalue weighted by Gasteiger charge is -2.15. The number of aromatic nitrogens is 2. The van der Waals surface area contributed by atoms with Gasteiger partial charge in [0.25, 0.3) is 5.91 Å². The third-order valence-corrected chi connectivity index (χ3v) is 5.19. The van der Waals surface area contributed by atoms with Gasteiger partial charge in [0.2, 0.25) is 0 Å². The van der Waals surface area contributed by atoms with E-state index in [1.54, 1.807) is 59.9 Å². The van der Waals surface area contributed by atoms with Crippen LogP contribution in [0.1, 0.15) is 23.2 Å². The summed E-state index contributed by atoms with van der Waals surface area (Å²) in [7, 11) is 0. The minimum absolute atomic E-state index is 0.172. The molecule has 3 aromatic heterocycles. The Morgan fingerprint density at radius 2 is 1.55 bits per heavy atom. The van der Waals surface area contributed by atoms with E-state index in [9.17, 15) is 9.59 Å². The van der Waals surface area contributed by atoms with Gasteiger partial charge in [0.1, 0.15) is 11.4 Å². The Bertz CT molecular complexity index is 1230. The summed E-state index contributed by atoms with van der Waals surface area (Å²) >= 11 is 0. The topological polar surface area (TPSA) is 98.7 Å². The van der Waals surface area contributed by atoms with E-state index >= 15 is 0 Å². The van der Waals surface area contributed by atoms with Gasteiger partial charge in [0, 0.05) is 13.1 Å². The summed E-state index contributed by atoms with van der Waals surface area (Å²) in [5.74, 6) is 0.343. The third kappa shape index (κ3) is 3.79. The first kappa shape index (κ1) is 19.0. The van der Waals surface area contributed by atoms with E-state index in [1.165, 1.54) is 0 Å². The zero-order chi connectivity index (χ0) is 21.2. The molecule has 4 heterocycles. The molecule has 31 heavy (non-hydrogen) atoms. The Labute approximate surface area is 177 Å². The number of benzene rings is 1. The summed E-state index contributed by atoms with van der Waals surface area (Å²) in [4.78, 5) is 35.7. The zero-order valence-electron chi connectivity index (χ0n) is 16.6. The number of rotatable bonds is 5.